The van der Waals surface area contributed by atoms with Gasteiger partial charge < -0.3 is 0 Å². The van der Waals surface area contributed by atoms with Crippen LogP contribution in [0.4, 0.5) is 5.69 Å². The van der Waals surface area contributed by atoms with Crippen LogP contribution in [0.2, 0.25) is 0 Å². The Labute approximate surface area is 120 Å². The smallest absolute Gasteiger partial charge is 0.0998 e. The molecule has 0 N–H and O–H groups in total. The van der Waals surface area contributed by atoms with Gasteiger partial charge in [0.2, 0.25) is 0 Å². The highest BCUT2D eigenvalue weighted by molar-refractivity contribution is 8.17. The van der Waals surface area contributed by atoms with Crippen molar-refractivity contribution in [1.82, 2.24) is 0 Å². The van der Waals surface area contributed by atoms with Gasteiger partial charge in [-0.25, -0.2) is 0 Å². The molecular weight excluding hydrogens is 272 g/mol. The molecule has 2 aliphatic rings. The Morgan fingerprint density at radius 3 is 2.68 bits per heavy atom. The average Bonchev–Trinajstić information content (AvgIpc) is 3.18. The van der Waals surface area contributed by atoms with Gasteiger partial charge in [-0.05, 0) is 36.4 Å². The molecule has 1 aromatic heterocycles. The fourth-order valence-corrected chi connectivity index (χ4v) is 7.05. The van der Waals surface area contributed by atoms with Gasteiger partial charge in [-0.1, -0.05) is 42.1 Å². The van der Waals surface area contributed by atoms with E-state index in [2.05, 4.69) is 46.9 Å². The van der Waals surface area contributed by atoms with E-state index in [0.29, 0.717) is 0 Å². The molecule has 0 spiro atoms. The van der Waals surface area contributed by atoms with Crippen molar-refractivity contribution >= 4 is 28.1 Å². The summed E-state index contributed by atoms with van der Waals surface area (Å²) < 4.78 is 4.97. The van der Waals surface area contributed by atoms with Crippen molar-refractivity contribution in [2.45, 2.75) is 35.3 Å². The van der Waals surface area contributed by atoms with Crippen LogP contribution in [0.25, 0.3) is 0 Å². The molecule has 1 fully saturated rings. The number of hydrogen-bond donors (Lipinski definition) is 1. The summed E-state index contributed by atoms with van der Waals surface area (Å²) in [5, 5.41) is 6.64. The Morgan fingerprint density at radius 2 is 1.89 bits per heavy atom. The topological polar surface area (TPSA) is 24.7 Å². The van der Waals surface area contributed by atoms with Crippen molar-refractivity contribution in [3.63, 3.8) is 0 Å². The highest BCUT2D eigenvalue weighted by Crippen LogP contribution is 2.67. The van der Waals surface area contributed by atoms with Gasteiger partial charge in [-0.3, -0.25) is 0 Å². The lowest BCUT2D eigenvalue weighted by Gasteiger charge is -2.35. The van der Waals surface area contributed by atoms with E-state index in [-0.39, 0.29) is 4.75 Å². The van der Waals surface area contributed by atoms with E-state index in [1.165, 1.54) is 35.5 Å². The second kappa shape index (κ2) is 4.46. The lowest BCUT2D eigenvalue weighted by Crippen LogP contribution is -2.19. The highest BCUT2D eigenvalue weighted by atomic mass is 32.2. The number of rotatable bonds is 2. The normalized spacial score (nSPS) is 25.6. The zero-order valence-electron chi connectivity index (χ0n) is 10.6. The molecule has 0 bridgehead atoms. The Kier molecular flexibility index (Phi) is 2.74. The van der Waals surface area contributed by atoms with Gasteiger partial charge in [-0.2, -0.15) is 0 Å². The minimum atomic E-state index is -0.528. The molecule has 0 amide bonds. The summed E-state index contributed by atoms with van der Waals surface area (Å²) in [7, 11) is 0. The zero-order valence-corrected chi connectivity index (χ0v) is 12.3. The van der Waals surface area contributed by atoms with Crippen LogP contribution in [0.15, 0.2) is 56.3 Å². The maximum absolute atomic E-state index is 4.71. The first-order valence-electron chi connectivity index (χ1n) is 6.75. The molecule has 1 saturated carbocycles. The summed E-state index contributed by atoms with van der Waals surface area (Å²) >= 11 is 1.37. The van der Waals surface area contributed by atoms with Gasteiger partial charge in [-0.15, -0.1) is 21.0 Å². The van der Waals surface area contributed by atoms with Crippen molar-refractivity contribution in [3.8, 4) is 0 Å². The number of nitrogens with zero attached hydrogens (tertiary/aromatic N) is 2. The minimum Gasteiger partial charge on any atom is -0.147 e. The van der Waals surface area contributed by atoms with Gasteiger partial charge in [0, 0.05) is 9.77 Å². The molecular formula is C15H16N2S2. The predicted octanol–water partition coefficient (Wildman–Crippen LogP) is 5.59. The Bertz CT molecular complexity index is 613. The summed E-state index contributed by atoms with van der Waals surface area (Å²) in [6.07, 6.45) is 5.20. The van der Waals surface area contributed by atoms with Crippen LogP contribution in [-0.2, 0) is 4.75 Å². The van der Waals surface area contributed by atoms with Crippen LogP contribution >= 0.6 is 22.4 Å². The maximum Gasteiger partial charge on any atom is 0.0998 e. The summed E-state index contributed by atoms with van der Waals surface area (Å²) in [6, 6.07) is 13.0. The molecule has 2 aromatic rings. The monoisotopic (exact) mass is 288 g/mol. The van der Waals surface area contributed by atoms with Gasteiger partial charge in [0.15, 0.2) is 0 Å². The van der Waals surface area contributed by atoms with Crippen molar-refractivity contribution in [1.29, 1.82) is 0 Å². The molecule has 19 heavy (non-hydrogen) atoms. The number of fused-ring (bicyclic) bond motifs is 1. The second-order valence-corrected chi connectivity index (χ2v) is 8.29. The van der Waals surface area contributed by atoms with E-state index in [1.807, 2.05) is 11.3 Å². The third kappa shape index (κ3) is 1.70. The van der Waals surface area contributed by atoms with E-state index in [9.17, 15) is 0 Å². The van der Waals surface area contributed by atoms with E-state index in [1.54, 1.807) is 0 Å². The molecule has 1 aliphatic heterocycles. The van der Waals surface area contributed by atoms with E-state index < -0.39 is 11.1 Å². The summed E-state index contributed by atoms with van der Waals surface area (Å²) in [4.78, 5) is 2.90. The molecule has 4 heteroatoms. The minimum absolute atomic E-state index is 0.263. The van der Waals surface area contributed by atoms with Crippen LogP contribution < -0.4 is 0 Å². The van der Waals surface area contributed by atoms with Crippen LogP contribution in [0.1, 0.15) is 30.6 Å². The molecule has 0 radical (unpaired) electrons. The number of thiol groups is 1. The molecule has 1 atom stereocenters. The van der Waals surface area contributed by atoms with E-state index in [0.717, 1.165) is 5.69 Å². The van der Waals surface area contributed by atoms with Crippen LogP contribution in [0, 0.1) is 0 Å². The lowest BCUT2D eigenvalue weighted by molar-refractivity contribution is 0.658. The standard InChI is InChI=1S/C15H16N2S2/c1-2-7-13-12(6-1)16-17-19(13)15(9-3-4-10-15)14-8-5-11-18-14/h1-2,5-8,11,19H,3-4,9-10H2. The number of benzene rings is 1. The first-order chi connectivity index (χ1) is 9.40. The molecule has 98 valence electrons. The molecule has 0 saturated heterocycles. The van der Waals surface area contributed by atoms with Gasteiger partial charge >= 0.3 is 0 Å². The van der Waals surface area contributed by atoms with Crippen molar-refractivity contribution in [2.75, 3.05) is 0 Å². The molecule has 1 aromatic carbocycles. The van der Waals surface area contributed by atoms with Crippen LogP contribution in [0.3, 0.4) is 0 Å². The van der Waals surface area contributed by atoms with Crippen molar-refractivity contribution in [3.05, 3.63) is 46.7 Å². The average molecular weight is 288 g/mol. The quantitative estimate of drug-likeness (QED) is 0.697. The van der Waals surface area contributed by atoms with Gasteiger partial charge in [0.25, 0.3) is 0 Å². The molecule has 4 rings (SSSR count). The second-order valence-electron chi connectivity index (χ2n) is 5.21. The lowest BCUT2D eigenvalue weighted by atomic mass is 10.1. The highest BCUT2D eigenvalue weighted by Gasteiger charge is 2.44. The van der Waals surface area contributed by atoms with Crippen LogP contribution in [-0.4, -0.2) is 0 Å². The fraction of sp³-hybridized carbons (Fsp3) is 0.333. The first-order valence-corrected chi connectivity index (χ1v) is 8.92. The Balaban J connectivity index is 1.84. The largest absolute Gasteiger partial charge is 0.147 e. The zero-order chi connectivity index (χ0) is 12.7. The molecule has 2 nitrogen and oxygen atoms in total. The van der Waals surface area contributed by atoms with Gasteiger partial charge in [0.05, 0.1) is 10.4 Å². The molecule has 1 unspecified atom stereocenters. The third-order valence-corrected chi connectivity index (χ3v) is 7.99. The predicted molar refractivity (Wildman–Crippen MR) is 82.7 cm³/mol. The first kappa shape index (κ1) is 11.7. The SMILES string of the molecule is c1csc(C2([SH]3N=Nc4ccccc43)CCCC2)c1. The van der Waals surface area contributed by atoms with Crippen LogP contribution in [0.5, 0.6) is 0 Å². The summed E-state index contributed by atoms with van der Waals surface area (Å²) in [6.45, 7) is 0. The fourth-order valence-electron chi connectivity index (χ4n) is 3.25. The van der Waals surface area contributed by atoms with Crippen molar-refractivity contribution < 1.29 is 0 Å². The molecule has 2 heterocycles. The van der Waals surface area contributed by atoms with Crippen molar-refractivity contribution in [2.24, 2.45) is 9.63 Å². The van der Waals surface area contributed by atoms with E-state index >= 15 is 0 Å². The Hall–Kier alpha value is -1.13. The number of hydrogen-bond acceptors (Lipinski definition) is 3. The summed E-state index contributed by atoms with van der Waals surface area (Å²) in [5.41, 5.74) is 1.09. The third-order valence-electron chi connectivity index (χ3n) is 4.17. The van der Waals surface area contributed by atoms with Gasteiger partial charge in [0.1, 0.15) is 0 Å². The molecule has 1 aliphatic carbocycles. The Morgan fingerprint density at radius 1 is 1.05 bits per heavy atom. The number of thiophene rings is 1. The summed E-state index contributed by atoms with van der Waals surface area (Å²) in [5.74, 6) is 0. The maximum atomic E-state index is 4.71. The van der Waals surface area contributed by atoms with E-state index in [4.69, 9.17) is 4.52 Å².